The minimum atomic E-state index is -3.29. The van der Waals surface area contributed by atoms with E-state index < -0.39 is 9.84 Å². The monoisotopic (exact) mass is 438 g/mol. The maximum Gasteiger partial charge on any atom is 0.236 e. The van der Waals surface area contributed by atoms with Crippen LogP contribution in [0.4, 0.5) is 5.13 Å². The number of anilines is 1. The lowest BCUT2D eigenvalue weighted by Gasteiger charge is -2.10. The fourth-order valence-corrected chi connectivity index (χ4v) is 5.52. The number of nitrogens with one attached hydrogen (secondary N) is 1. The van der Waals surface area contributed by atoms with E-state index in [-0.39, 0.29) is 16.6 Å². The van der Waals surface area contributed by atoms with Crippen LogP contribution in [0.3, 0.4) is 0 Å². The van der Waals surface area contributed by atoms with E-state index in [1.54, 1.807) is 12.1 Å². The van der Waals surface area contributed by atoms with Crippen molar-refractivity contribution in [2.75, 3.05) is 17.3 Å². The molecule has 1 fully saturated rings. The third-order valence-corrected chi connectivity index (χ3v) is 7.48. The molecule has 4 rings (SSSR count). The number of benzene rings is 1. The number of amides is 1. The van der Waals surface area contributed by atoms with Gasteiger partial charge in [0.15, 0.2) is 15.0 Å². The lowest BCUT2D eigenvalue weighted by molar-refractivity contribution is -0.113. The summed E-state index contributed by atoms with van der Waals surface area (Å²) in [5.74, 6) is -0.0502. The number of fused-ring (bicyclic) bond motifs is 1. The molecule has 1 aromatic carbocycles. The van der Waals surface area contributed by atoms with Gasteiger partial charge >= 0.3 is 0 Å². The van der Waals surface area contributed by atoms with Gasteiger partial charge in [0.2, 0.25) is 11.1 Å². The maximum atomic E-state index is 12.3. The number of nitrogens with zero attached hydrogens (tertiary/aromatic N) is 5. The van der Waals surface area contributed by atoms with Gasteiger partial charge < -0.3 is 5.32 Å². The van der Waals surface area contributed by atoms with Gasteiger partial charge in [0.25, 0.3) is 0 Å². The normalized spacial score (nSPS) is 15.3. The molecule has 0 atom stereocenters. The lowest BCUT2D eigenvalue weighted by atomic mass is 10.3. The fourth-order valence-electron chi connectivity index (χ4n) is 3.13. The maximum absolute atomic E-state index is 12.3. The average molecular weight is 439 g/mol. The molecule has 1 amide bonds. The second-order valence-electron chi connectivity index (χ2n) is 6.60. The summed E-state index contributed by atoms with van der Waals surface area (Å²) in [6.07, 6.45) is 5.63. The number of thioether (sulfide) groups is 1. The minimum absolute atomic E-state index is 0.164. The Hall–Kier alpha value is -2.05. The second-order valence-corrected chi connectivity index (χ2v) is 10.6. The molecule has 1 saturated carbocycles. The van der Waals surface area contributed by atoms with Crippen LogP contribution in [0.1, 0.15) is 31.7 Å². The number of aromatic nitrogens is 5. The van der Waals surface area contributed by atoms with Crippen LogP contribution in [0, 0.1) is 0 Å². The van der Waals surface area contributed by atoms with Gasteiger partial charge in [-0.3, -0.25) is 4.79 Å². The molecule has 1 N–H and O–H groups in total. The zero-order chi connectivity index (χ0) is 19.7. The summed E-state index contributed by atoms with van der Waals surface area (Å²) >= 11 is 2.53. The van der Waals surface area contributed by atoms with Crippen molar-refractivity contribution >= 4 is 54.2 Å². The van der Waals surface area contributed by atoms with Gasteiger partial charge in [-0.15, -0.1) is 5.10 Å². The van der Waals surface area contributed by atoms with Crippen molar-refractivity contribution < 1.29 is 13.2 Å². The summed E-state index contributed by atoms with van der Waals surface area (Å²) < 4.78 is 25.9. The van der Waals surface area contributed by atoms with E-state index >= 15 is 0 Å². The van der Waals surface area contributed by atoms with Crippen molar-refractivity contribution in [1.82, 2.24) is 25.2 Å². The standard InChI is InChI=1S/C16H18N6O3S3/c1-28(24,25)11-6-7-12-13(8-11)27-15(17-12)18-14(23)9-26-16-19-20-21-22(16)10-4-2-3-5-10/h6-8,10H,2-5,9H2,1H3,(H,17,18,23). The van der Waals surface area contributed by atoms with Crippen LogP contribution < -0.4 is 5.32 Å². The molecule has 0 bridgehead atoms. The number of rotatable bonds is 6. The van der Waals surface area contributed by atoms with Crippen LogP contribution in [0.15, 0.2) is 28.3 Å². The number of tetrazole rings is 1. The first-order chi connectivity index (χ1) is 13.4. The number of carbonyl (C=O) groups is 1. The Balaban J connectivity index is 1.41. The molecule has 2 aromatic heterocycles. The average Bonchev–Trinajstić information content (AvgIpc) is 3.37. The highest BCUT2D eigenvalue weighted by atomic mass is 32.2. The molecule has 0 spiro atoms. The topological polar surface area (TPSA) is 120 Å². The fraction of sp³-hybridized carbons (Fsp3) is 0.438. The smallest absolute Gasteiger partial charge is 0.236 e. The zero-order valence-electron chi connectivity index (χ0n) is 15.0. The third kappa shape index (κ3) is 4.18. The Morgan fingerprint density at radius 1 is 1.36 bits per heavy atom. The SMILES string of the molecule is CS(=O)(=O)c1ccc2nc(NC(=O)CSc3nnnn3C3CCCC3)sc2c1. The number of hydrogen-bond donors (Lipinski definition) is 1. The van der Waals surface area contributed by atoms with Crippen LogP contribution in [-0.4, -0.2) is 51.5 Å². The summed E-state index contributed by atoms with van der Waals surface area (Å²) in [6.45, 7) is 0. The first-order valence-electron chi connectivity index (χ1n) is 8.71. The van der Waals surface area contributed by atoms with E-state index in [1.165, 1.54) is 42.0 Å². The molecule has 0 radical (unpaired) electrons. The minimum Gasteiger partial charge on any atom is -0.301 e. The Kier molecular flexibility index (Phi) is 5.34. The number of thiazole rings is 1. The lowest BCUT2D eigenvalue weighted by Crippen LogP contribution is -2.15. The number of carbonyl (C=O) groups excluding carboxylic acids is 1. The highest BCUT2D eigenvalue weighted by Gasteiger charge is 2.22. The molecule has 0 unspecified atom stereocenters. The van der Waals surface area contributed by atoms with E-state index in [0.29, 0.717) is 26.5 Å². The molecule has 2 heterocycles. The first-order valence-corrected chi connectivity index (χ1v) is 12.4. The summed E-state index contributed by atoms with van der Waals surface area (Å²) in [7, 11) is -3.29. The van der Waals surface area contributed by atoms with Crippen molar-refractivity contribution in [3.63, 3.8) is 0 Å². The van der Waals surface area contributed by atoms with E-state index in [1.807, 2.05) is 4.68 Å². The number of sulfone groups is 1. The van der Waals surface area contributed by atoms with Crippen molar-refractivity contribution in [3.05, 3.63) is 18.2 Å². The Labute approximate surface area is 169 Å². The van der Waals surface area contributed by atoms with E-state index in [2.05, 4.69) is 25.8 Å². The quantitative estimate of drug-likeness (QED) is 0.583. The van der Waals surface area contributed by atoms with Gasteiger partial charge in [-0.2, -0.15) is 0 Å². The van der Waals surface area contributed by atoms with Crippen LogP contribution in [0.2, 0.25) is 0 Å². The molecule has 0 saturated heterocycles. The van der Waals surface area contributed by atoms with Crippen LogP contribution in [0.5, 0.6) is 0 Å². The molecule has 3 aromatic rings. The summed E-state index contributed by atoms with van der Waals surface area (Å²) in [5.41, 5.74) is 0.644. The molecule has 148 valence electrons. The third-order valence-electron chi connectivity index (χ3n) is 4.50. The molecule has 28 heavy (non-hydrogen) atoms. The van der Waals surface area contributed by atoms with Crippen molar-refractivity contribution in [3.8, 4) is 0 Å². The van der Waals surface area contributed by atoms with E-state index in [4.69, 9.17) is 0 Å². The highest BCUT2D eigenvalue weighted by Crippen LogP contribution is 2.32. The molecule has 9 nitrogen and oxygen atoms in total. The summed E-state index contributed by atoms with van der Waals surface area (Å²) in [4.78, 5) is 16.9. The molecule has 1 aliphatic carbocycles. The van der Waals surface area contributed by atoms with Crippen molar-refractivity contribution in [2.24, 2.45) is 0 Å². The highest BCUT2D eigenvalue weighted by molar-refractivity contribution is 7.99. The van der Waals surface area contributed by atoms with Gasteiger partial charge in [0.05, 0.1) is 26.9 Å². The van der Waals surface area contributed by atoms with Crippen LogP contribution >= 0.6 is 23.1 Å². The Morgan fingerprint density at radius 3 is 2.89 bits per heavy atom. The number of hydrogen-bond acceptors (Lipinski definition) is 9. The Bertz CT molecular complexity index is 1120. The van der Waals surface area contributed by atoms with E-state index in [0.717, 1.165) is 19.1 Å². The zero-order valence-corrected chi connectivity index (χ0v) is 17.5. The van der Waals surface area contributed by atoms with Gasteiger partial charge in [-0.05, 0) is 41.5 Å². The molecular formula is C16H18N6O3S3. The van der Waals surface area contributed by atoms with Gasteiger partial charge in [0, 0.05) is 6.26 Å². The van der Waals surface area contributed by atoms with Crippen LogP contribution in [0.25, 0.3) is 10.2 Å². The molecular weight excluding hydrogens is 420 g/mol. The van der Waals surface area contributed by atoms with Gasteiger partial charge in [0.1, 0.15) is 0 Å². The molecule has 1 aliphatic rings. The van der Waals surface area contributed by atoms with Gasteiger partial charge in [-0.25, -0.2) is 18.1 Å². The van der Waals surface area contributed by atoms with Gasteiger partial charge in [-0.1, -0.05) is 35.9 Å². The predicted molar refractivity (Wildman–Crippen MR) is 107 cm³/mol. The molecule has 0 aliphatic heterocycles. The van der Waals surface area contributed by atoms with Crippen molar-refractivity contribution in [2.45, 2.75) is 41.8 Å². The second kappa shape index (κ2) is 7.76. The Morgan fingerprint density at radius 2 is 2.14 bits per heavy atom. The first kappa shape index (κ1) is 19.3. The summed E-state index contributed by atoms with van der Waals surface area (Å²) in [5, 5.41) is 15.7. The van der Waals surface area contributed by atoms with E-state index in [9.17, 15) is 13.2 Å². The van der Waals surface area contributed by atoms with Crippen LogP contribution in [-0.2, 0) is 14.6 Å². The summed E-state index contributed by atoms with van der Waals surface area (Å²) in [6, 6.07) is 5.04. The largest absolute Gasteiger partial charge is 0.301 e. The molecule has 12 heteroatoms. The predicted octanol–water partition coefficient (Wildman–Crippen LogP) is 2.53. The van der Waals surface area contributed by atoms with Crippen molar-refractivity contribution in [1.29, 1.82) is 0 Å².